The second kappa shape index (κ2) is 5.72. The number of hydrogen-bond donors (Lipinski definition) is 1. The molecule has 2 aliphatic heterocycles. The summed E-state index contributed by atoms with van der Waals surface area (Å²) in [6.07, 6.45) is 0. The van der Waals surface area contributed by atoms with Crippen LogP contribution >= 0.6 is 0 Å². The highest BCUT2D eigenvalue weighted by molar-refractivity contribution is 5.95. The van der Waals surface area contributed by atoms with Gasteiger partial charge in [0.2, 0.25) is 6.79 Å². The van der Waals surface area contributed by atoms with Crippen molar-refractivity contribution in [1.29, 1.82) is 0 Å². The monoisotopic (exact) mass is 353 g/mol. The highest BCUT2D eigenvalue weighted by Gasteiger charge is 2.21. The maximum atomic E-state index is 12.6. The molecular formula is C18H15N3O5. The molecule has 1 aromatic heterocycles. The first-order valence-electron chi connectivity index (χ1n) is 8.21. The molecule has 0 saturated carbocycles. The quantitative estimate of drug-likeness (QED) is 0.714. The van der Waals surface area contributed by atoms with E-state index in [9.17, 15) is 4.79 Å². The van der Waals surface area contributed by atoms with Crippen LogP contribution in [0.25, 0.3) is 22.2 Å². The zero-order valence-electron chi connectivity index (χ0n) is 13.7. The van der Waals surface area contributed by atoms with E-state index >= 15 is 0 Å². The number of aromatic nitrogens is 2. The summed E-state index contributed by atoms with van der Waals surface area (Å²) in [5.41, 5.74) is 8.27. The second-order valence-corrected chi connectivity index (χ2v) is 6.07. The summed E-state index contributed by atoms with van der Waals surface area (Å²) in [6, 6.07) is 9.27. The second-order valence-electron chi connectivity index (χ2n) is 6.07. The van der Waals surface area contributed by atoms with Crippen LogP contribution in [-0.4, -0.2) is 22.9 Å². The SMILES string of the molecule is NCCn1c(=O)nc(-c2ccc3c(c2)OOC3)c2cc3c(cc21)OCO3. The average Bonchev–Trinajstić information content (AvgIpc) is 3.30. The van der Waals surface area contributed by atoms with Gasteiger partial charge in [0.05, 0.1) is 11.2 Å². The van der Waals surface area contributed by atoms with Crippen LogP contribution in [0.3, 0.4) is 0 Å². The first kappa shape index (κ1) is 15.2. The molecule has 132 valence electrons. The van der Waals surface area contributed by atoms with Crippen molar-refractivity contribution in [1.82, 2.24) is 9.55 Å². The van der Waals surface area contributed by atoms with Crippen molar-refractivity contribution in [3.05, 3.63) is 46.4 Å². The molecule has 2 aromatic carbocycles. The van der Waals surface area contributed by atoms with Gasteiger partial charge < -0.3 is 20.1 Å². The number of nitrogens with zero attached hydrogens (tertiary/aromatic N) is 2. The normalized spacial score (nSPS) is 14.5. The lowest BCUT2D eigenvalue weighted by Crippen LogP contribution is -2.27. The summed E-state index contributed by atoms with van der Waals surface area (Å²) in [5, 5.41) is 0.779. The van der Waals surface area contributed by atoms with Gasteiger partial charge in [0, 0.05) is 35.7 Å². The molecule has 3 aromatic rings. The van der Waals surface area contributed by atoms with Gasteiger partial charge in [-0.05, 0) is 12.1 Å². The fraction of sp³-hybridized carbons (Fsp3) is 0.222. The van der Waals surface area contributed by atoms with Crippen molar-refractivity contribution in [2.75, 3.05) is 13.3 Å². The van der Waals surface area contributed by atoms with Crippen molar-refractivity contribution < 1.29 is 19.2 Å². The van der Waals surface area contributed by atoms with Gasteiger partial charge in [-0.1, -0.05) is 12.1 Å². The number of ether oxygens (including phenoxy) is 2. The van der Waals surface area contributed by atoms with Gasteiger partial charge in [0.25, 0.3) is 0 Å². The van der Waals surface area contributed by atoms with Crippen LogP contribution in [0.2, 0.25) is 0 Å². The molecule has 0 saturated heterocycles. The molecule has 0 radical (unpaired) electrons. The van der Waals surface area contributed by atoms with E-state index in [0.717, 1.165) is 16.5 Å². The highest BCUT2D eigenvalue weighted by atomic mass is 17.2. The molecule has 2 N–H and O–H groups in total. The van der Waals surface area contributed by atoms with E-state index in [2.05, 4.69) is 4.98 Å². The summed E-state index contributed by atoms with van der Waals surface area (Å²) in [5.74, 6) is 1.86. The molecule has 0 unspecified atom stereocenters. The summed E-state index contributed by atoms with van der Waals surface area (Å²) < 4.78 is 12.5. The largest absolute Gasteiger partial charge is 0.454 e. The Kier molecular flexibility index (Phi) is 3.34. The van der Waals surface area contributed by atoms with Crippen molar-refractivity contribution >= 4 is 10.9 Å². The first-order chi connectivity index (χ1) is 12.7. The average molecular weight is 353 g/mol. The van der Waals surface area contributed by atoms with Crippen LogP contribution in [0.4, 0.5) is 0 Å². The molecular weight excluding hydrogens is 338 g/mol. The number of fused-ring (bicyclic) bond motifs is 3. The maximum absolute atomic E-state index is 12.6. The van der Waals surface area contributed by atoms with E-state index in [1.165, 1.54) is 0 Å². The van der Waals surface area contributed by atoms with Gasteiger partial charge in [-0.2, -0.15) is 9.87 Å². The number of hydrogen-bond acceptors (Lipinski definition) is 7. The van der Waals surface area contributed by atoms with E-state index in [0.29, 0.717) is 48.2 Å². The summed E-state index contributed by atoms with van der Waals surface area (Å²) >= 11 is 0. The molecule has 2 aliphatic rings. The summed E-state index contributed by atoms with van der Waals surface area (Å²) in [4.78, 5) is 27.1. The van der Waals surface area contributed by atoms with Gasteiger partial charge >= 0.3 is 5.69 Å². The minimum atomic E-state index is -0.366. The van der Waals surface area contributed by atoms with Crippen molar-refractivity contribution in [3.8, 4) is 28.5 Å². The van der Waals surface area contributed by atoms with Gasteiger partial charge in [-0.15, -0.1) is 0 Å². The van der Waals surface area contributed by atoms with E-state index in [4.69, 9.17) is 25.0 Å². The Morgan fingerprint density at radius 1 is 1.12 bits per heavy atom. The molecule has 0 aliphatic carbocycles. The lowest BCUT2D eigenvalue weighted by molar-refractivity contribution is -0.194. The zero-order valence-corrected chi connectivity index (χ0v) is 13.7. The van der Waals surface area contributed by atoms with E-state index in [1.807, 2.05) is 24.3 Å². The topological polar surface area (TPSA) is 97.8 Å². The standard InChI is InChI=1S/C18H15N3O5/c19-3-4-21-13-7-16-15(23-9-24-16)6-12(13)17(20-18(21)22)10-1-2-11-8-25-26-14(11)5-10/h1-2,5-7H,3-4,8-9,19H2. The van der Waals surface area contributed by atoms with E-state index < -0.39 is 0 Å². The smallest absolute Gasteiger partial charge is 0.348 e. The number of benzene rings is 2. The Labute approximate surface area is 147 Å². The third-order valence-corrected chi connectivity index (χ3v) is 4.53. The van der Waals surface area contributed by atoms with Crippen LogP contribution in [0.5, 0.6) is 17.2 Å². The molecule has 0 atom stereocenters. The molecule has 0 bridgehead atoms. The lowest BCUT2D eigenvalue weighted by Gasteiger charge is -2.13. The van der Waals surface area contributed by atoms with Gasteiger partial charge in [-0.25, -0.2) is 4.79 Å². The lowest BCUT2D eigenvalue weighted by atomic mass is 10.0. The van der Waals surface area contributed by atoms with Crippen LogP contribution in [-0.2, 0) is 18.0 Å². The Bertz CT molecular complexity index is 1090. The zero-order chi connectivity index (χ0) is 17.7. The predicted octanol–water partition coefficient (Wildman–Crippen LogP) is 1.57. The molecule has 0 fully saturated rings. The van der Waals surface area contributed by atoms with Gasteiger partial charge in [-0.3, -0.25) is 4.57 Å². The molecule has 8 nitrogen and oxygen atoms in total. The summed E-state index contributed by atoms with van der Waals surface area (Å²) in [7, 11) is 0. The van der Waals surface area contributed by atoms with E-state index in [-0.39, 0.29) is 12.5 Å². The third-order valence-electron chi connectivity index (χ3n) is 4.53. The maximum Gasteiger partial charge on any atom is 0.348 e. The molecule has 8 heteroatoms. The van der Waals surface area contributed by atoms with Gasteiger partial charge in [0.15, 0.2) is 17.2 Å². The Morgan fingerprint density at radius 3 is 2.81 bits per heavy atom. The third kappa shape index (κ3) is 2.23. The van der Waals surface area contributed by atoms with E-state index in [1.54, 1.807) is 10.6 Å². The van der Waals surface area contributed by atoms with Crippen LogP contribution in [0.1, 0.15) is 5.56 Å². The number of nitrogens with two attached hydrogens (primary N) is 1. The van der Waals surface area contributed by atoms with Crippen LogP contribution in [0.15, 0.2) is 35.1 Å². The fourth-order valence-corrected chi connectivity index (χ4v) is 3.28. The summed E-state index contributed by atoms with van der Waals surface area (Å²) in [6.45, 7) is 1.25. The Hall–Kier alpha value is -3.10. The Morgan fingerprint density at radius 2 is 1.96 bits per heavy atom. The minimum absolute atomic E-state index is 0.152. The molecule has 5 rings (SSSR count). The number of rotatable bonds is 3. The highest BCUT2D eigenvalue weighted by Crippen LogP contribution is 2.39. The molecule has 0 amide bonds. The Balaban J connectivity index is 1.80. The minimum Gasteiger partial charge on any atom is -0.454 e. The fourth-order valence-electron chi connectivity index (χ4n) is 3.28. The van der Waals surface area contributed by atoms with Crippen molar-refractivity contribution in [3.63, 3.8) is 0 Å². The molecule has 26 heavy (non-hydrogen) atoms. The predicted molar refractivity (Wildman–Crippen MR) is 92.0 cm³/mol. The first-order valence-corrected chi connectivity index (χ1v) is 8.21. The van der Waals surface area contributed by atoms with Crippen LogP contribution in [0, 0.1) is 0 Å². The molecule has 3 heterocycles. The van der Waals surface area contributed by atoms with Gasteiger partial charge in [0.1, 0.15) is 6.61 Å². The van der Waals surface area contributed by atoms with Crippen molar-refractivity contribution in [2.24, 2.45) is 5.73 Å². The molecule has 0 spiro atoms. The van der Waals surface area contributed by atoms with Crippen LogP contribution < -0.4 is 25.8 Å². The van der Waals surface area contributed by atoms with Crippen molar-refractivity contribution in [2.45, 2.75) is 13.2 Å².